The summed E-state index contributed by atoms with van der Waals surface area (Å²) in [7, 11) is 1.88. The number of hydrogen-bond acceptors (Lipinski definition) is 3. The molecule has 4 nitrogen and oxygen atoms in total. The molecular weight excluding hydrogens is 154 g/mol. The van der Waals surface area contributed by atoms with E-state index >= 15 is 0 Å². The second-order valence-electron chi connectivity index (χ2n) is 3.04. The third-order valence-electron chi connectivity index (χ3n) is 1.66. The lowest BCUT2D eigenvalue weighted by Gasteiger charge is -2.07. The summed E-state index contributed by atoms with van der Waals surface area (Å²) in [5, 5.41) is 16.0. The van der Waals surface area contributed by atoms with Gasteiger partial charge in [-0.3, -0.25) is 4.68 Å². The highest BCUT2D eigenvalue weighted by Crippen LogP contribution is 2.02. The van der Waals surface area contributed by atoms with Gasteiger partial charge in [0, 0.05) is 32.5 Å². The van der Waals surface area contributed by atoms with Crippen molar-refractivity contribution in [3.05, 3.63) is 12.3 Å². The first-order chi connectivity index (χ1) is 5.72. The van der Waals surface area contributed by atoms with Gasteiger partial charge in [-0.2, -0.15) is 5.10 Å². The molecule has 0 aromatic carbocycles. The molecule has 1 rings (SSSR count). The number of aryl methyl sites for hydroxylation is 1. The Balaban J connectivity index is 2.33. The van der Waals surface area contributed by atoms with Gasteiger partial charge in [-0.1, -0.05) is 6.92 Å². The number of aromatic nitrogens is 2. The Bertz CT molecular complexity index is 234. The van der Waals surface area contributed by atoms with Crippen LogP contribution in [0.5, 0.6) is 0 Å². The zero-order valence-electron chi connectivity index (χ0n) is 7.49. The maximum Gasteiger partial charge on any atom is 0.147 e. The fourth-order valence-electron chi connectivity index (χ4n) is 0.853. The molecule has 0 spiro atoms. The molecule has 1 aromatic rings. The third kappa shape index (κ3) is 2.54. The van der Waals surface area contributed by atoms with Gasteiger partial charge in [0.2, 0.25) is 0 Å². The van der Waals surface area contributed by atoms with Crippen LogP contribution in [0.25, 0.3) is 0 Å². The normalized spacial score (nSPS) is 12.9. The summed E-state index contributed by atoms with van der Waals surface area (Å²) in [6.45, 7) is 2.95. The summed E-state index contributed by atoms with van der Waals surface area (Å²) >= 11 is 0. The predicted octanol–water partition coefficient (Wildman–Crippen LogP) is 0.460. The van der Waals surface area contributed by atoms with E-state index in [0.717, 1.165) is 12.4 Å². The average molecular weight is 169 g/mol. The molecule has 1 unspecified atom stereocenters. The highest BCUT2D eigenvalue weighted by molar-refractivity contribution is 5.31. The molecule has 0 bridgehead atoms. The van der Waals surface area contributed by atoms with Gasteiger partial charge in [-0.15, -0.1) is 0 Å². The first-order valence-corrected chi connectivity index (χ1v) is 4.06. The zero-order valence-corrected chi connectivity index (χ0v) is 7.49. The summed E-state index contributed by atoms with van der Waals surface area (Å²) in [5.74, 6) is 1.13. The average Bonchev–Trinajstić information content (AvgIpc) is 2.47. The minimum Gasteiger partial charge on any atom is -0.396 e. The number of aliphatic hydroxyl groups excluding tert-OH is 1. The Hall–Kier alpha value is -1.03. The highest BCUT2D eigenvalue weighted by Gasteiger charge is 2.00. The van der Waals surface area contributed by atoms with Crippen LogP contribution in [-0.4, -0.2) is 28.0 Å². The molecule has 0 fully saturated rings. The molecular formula is C8H15N3O. The molecule has 1 heterocycles. The van der Waals surface area contributed by atoms with E-state index in [2.05, 4.69) is 10.4 Å². The maximum absolute atomic E-state index is 8.75. The van der Waals surface area contributed by atoms with Crippen molar-refractivity contribution >= 4 is 5.82 Å². The molecule has 0 saturated heterocycles. The minimum absolute atomic E-state index is 0.208. The monoisotopic (exact) mass is 169 g/mol. The van der Waals surface area contributed by atoms with Crippen molar-refractivity contribution < 1.29 is 5.11 Å². The van der Waals surface area contributed by atoms with E-state index in [9.17, 15) is 0 Å². The molecule has 0 aliphatic carbocycles. The lowest BCUT2D eigenvalue weighted by molar-refractivity contribution is 0.244. The van der Waals surface area contributed by atoms with E-state index in [-0.39, 0.29) is 12.5 Å². The number of nitrogens with one attached hydrogen (secondary N) is 1. The number of anilines is 1. The van der Waals surface area contributed by atoms with Gasteiger partial charge in [0.25, 0.3) is 0 Å². The smallest absolute Gasteiger partial charge is 0.147 e. The molecule has 0 amide bonds. The Morgan fingerprint density at radius 3 is 3.00 bits per heavy atom. The highest BCUT2D eigenvalue weighted by atomic mass is 16.3. The van der Waals surface area contributed by atoms with Gasteiger partial charge < -0.3 is 10.4 Å². The topological polar surface area (TPSA) is 50.1 Å². The number of nitrogens with zero attached hydrogens (tertiary/aromatic N) is 2. The number of hydrogen-bond donors (Lipinski definition) is 2. The quantitative estimate of drug-likeness (QED) is 0.688. The Kier molecular flexibility index (Phi) is 3.10. The molecule has 0 aliphatic heterocycles. The standard InChI is InChI=1S/C8H15N3O/c1-7(6-12)5-9-8-3-4-11(2)10-8/h3-4,7,12H,5-6H2,1-2H3,(H,9,10). The van der Waals surface area contributed by atoms with E-state index in [0.29, 0.717) is 0 Å². The summed E-state index contributed by atoms with van der Waals surface area (Å²) in [4.78, 5) is 0. The zero-order chi connectivity index (χ0) is 8.97. The SMILES string of the molecule is CC(CO)CNc1ccn(C)n1. The maximum atomic E-state index is 8.75. The summed E-state index contributed by atoms with van der Waals surface area (Å²) in [5.41, 5.74) is 0. The van der Waals surface area contributed by atoms with Crippen LogP contribution >= 0.6 is 0 Å². The Morgan fingerprint density at radius 1 is 1.75 bits per heavy atom. The van der Waals surface area contributed by atoms with Crippen LogP contribution in [0.15, 0.2) is 12.3 Å². The van der Waals surface area contributed by atoms with Gasteiger partial charge in [-0.25, -0.2) is 0 Å². The minimum atomic E-state index is 0.208. The fraction of sp³-hybridized carbons (Fsp3) is 0.625. The van der Waals surface area contributed by atoms with Crippen LogP contribution in [0.1, 0.15) is 6.92 Å². The summed E-state index contributed by atoms with van der Waals surface area (Å²) in [6.07, 6.45) is 1.88. The van der Waals surface area contributed by atoms with Gasteiger partial charge in [-0.05, 0) is 5.92 Å². The van der Waals surface area contributed by atoms with Gasteiger partial charge in [0.1, 0.15) is 5.82 Å². The Morgan fingerprint density at radius 2 is 2.50 bits per heavy atom. The van der Waals surface area contributed by atoms with Crippen LogP contribution in [-0.2, 0) is 7.05 Å². The van der Waals surface area contributed by atoms with Crippen molar-refractivity contribution in [3.63, 3.8) is 0 Å². The predicted molar refractivity (Wildman–Crippen MR) is 47.9 cm³/mol. The molecule has 1 aromatic heterocycles. The van der Waals surface area contributed by atoms with E-state index < -0.39 is 0 Å². The second kappa shape index (κ2) is 4.11. The van der Waals surface area contributed by atoms with Gasteiger partial charge in [0.15, 0.2) is 0 Å². The van der Waals surface area contributed by atoms with Crippen molar-refractivity contribution in [2.45, 2.75) is 6.92 Å². The molecule has 0 aliphatic rings. The van der Waals surface area contributed by atoms with Crippen molar-refractivity contribution in [2.24, 2.45) is 13.0 Å². The van der Waals surface area contributed by atoms with E-state index in [4.69, 9.17) is 5.11 Å². The van der Waals surface area contributed by atoms with Crippen molar-refractivity contribution in [1.82, 2.24) is 9.78 Å². The lowest BCUT2D eigenvalue weighted by Crippen LogP contribution is -2.14. The number of rotatable bonds is 4. The largest absolute Gasteiger partial charge is 0.396 e. The van der Waals surface area contributed by atoms with Crippen LogP contribution in [0, 0.1) is 5.92 Å². The molecule has 12 heavy (non-hydrogen) atoms. The van der Waals surface area contributed by atoms with Gasteiger partial charge in [0.05, 0.1) is 0 Å². The van der Waals surface area contributed by atoms with Gasteiger partial charge >= 0.3 is 0 Å². The molecule has 0 radical (unpaired) electrons. The van der Waals surface area contributed by atoms with Crippen LogP contribution in [0.2, 0.25) is 0 Å². The summed E-state index contributed by atoms with van der Waals surface area (Å²) in [6, 6.07) is 1.91. The van der Waals surface area contributed by atoms with Crippen molar-refractivity contribution in [1.29, 1.82) is 0 Å². The van der Waals surface area contributed by atoms with E-state index in [1.54, 1.807) is 4.68 Å². The van der Waals surface area contributed by atoms with Crippen molar-refractivity contribution in [3.8, 4) is 0 Å². The molecule has 0 saturated carbocycles. The molecule has 2 N–H and O–H groups in total. The lowest BCUT2D eigenvalue weighted by atomic mass is 10.2. The molecule has 68 valence electrons. The fourth-order valence-corrected chi connectivity index (χ4v) is 0.853. The third-order valence-corrected chi connectivity index (χ3v) is 1.66. The van der Waals surface area contributed by atoms with E-state index in [1.807, 2.05) is 26.2 Å². The van der Waals surface area contributed by atoms with Crippen molar-refractivity contribution in [2.75, 3.05) is 18.5 Å². The van der Waals surface area contributed by atoms with Crippen LogP contribution in [0.3, 0.4) is 0 Å². The van der Waals surface area contributed by atoms with Crippen LogP contribution < -0.4 is 5.32 Å². The Labute approximate surface area is 72.2 Å². The van der Waals surface area contributed by atoms with Crippen LogP contribution in [0.4, 0.5) is 5.82 Å². The first kappa shape index (κ1) is 9.06. The number of aliphatic hydroxyl groups is 1. The first-order valence-electron chi connectivity index (χ1n) is 4.06. The summed E-state index contributed by atoms with van der Waals surface area (Å²) < 4.78 is 1.74. The molecule has 1 atom stereocenters. The molecule has 4 heteroatoms. The second-order valence-corrected chi connectivity index (χ2v) is 3.04. The van der Waals surface area contributed by atoms with E-state index in [1.165, 1.54) is 0 Å².